The summed E-state index contributed by atoms with van der Waals surface area (Å²) in [5, 5.41) is 16.0. The van der Waals surface area contributed by atoms with Crippen molar-refractivity contribution in [1.82, 2.24) is 0 Å². The van der Waals surface area contributed by atoms with Gasteiger partial charge in [0, 0.05) is 12.0 Å². The topological polar surface area (TPSA) is 74.6 Å². The molecule has 5 heteroatoms. The van der Waals surface area contributed by atoms with Crippen LogP contribution >= 0.6 is 0 Å². The van der Waals surface area contributed by atoms with Gasteiger partial charge < -0.3 is 13.1 Å². The zero-order valence-corrected chi connectivity index (χ0v) is 10.9. The number of aliphatic carboxylic acids is 2. The van der Waals surface area contributed by atoms with Crippen LogP contribution in [0.5, 0.6) is 0 Å². The van der Waals surface area contributed by atoms with Crippen LogP contribution in [0.15, 0.2) is 12.2 Å². The first-order valence-electron chi connectivity index (χ1n) is 4.52. The van der Waals surface area contributed by atoms with E-state index in [0.717, 1.165) is 19.3 Å². The molecule has 2 N–H and O–H groups in total. The number of unbranched alkanes of at least 4 members (excludes halogenated alkanes) is 2. The molecule has 0 aromatic heterocycles. The molecule has 0 amide bonds. The van der Waals surface area contributed by atoms with Crippen molar-refractivity contribution in [3.63, 3.8) is 0 Å². The van der Waals surface area contributed by atoms with E-state index < -0.39 is 11.9 Å². The summed E-state index contributed by atoms with van der Waals surface area (Å²) in [5.74, 6) is -1.62. The molecule has 0 aromatic rings. The number of carboxylic acids is 2. The van der Waals surface area contributed by atoms with Gasteiger partial charge in [-0.3, -0.25) is 4.79 Å². The van der Waals surface area contributed by atoms with Gasteiger partial charge in [0.2, 0.25) is 0 Å². The van der Waals surface area contributed by atoms with Crippen molar-refractivity contribution in [2.75, 3.05) is 0 Å². The van der Waals surface area contributed by atoms with Crippen LogP contribution in [-0.2, 0) is 9.59 Å². The molecule has 0 aliphatic carbocycles. The number of carboxylic acid groups (broad SMARTS) is 2. The smallest absolute Gasteiger partial charge is 1.00 e. The zero-order valence-electron chi connectivity index (χ0n) is 11.5. The van der Waals surface area contributed by atoms with Gasteiger partial charge in [-0.05, 0) is 13.3 Å². The minimum absolute atomic E-state index is 0. The van der Waals surface area contributed by atoms with Crippen molar-refractivity contribution in [2.24, 2.45) is 0 Å². The Morgan fingerprint density at radius 2 is 1.67 bits per heavy atom. The second-order valence-electron chi connectivity index (χ2n) is 2.94. The van der Waals surface area contributed by atoms with Gasteiger partial charge in [0.05, 0.1) is 0 Å². The van der Waals surface area contributed by atoms with Gasteiger partial charge in [0.1, 0.15) is 0 Å². The molecule has 0 heterocycles. The van der Waals surface area contributed by atoms with Gasteiger partial charge in [-0.25, -0.2) is 4.79 Å². The molecule has 0 aliphatic rings. The van der Waals surface area contributed by atoms with Crippen LogP contribution in [0.2, 0.25) is 0 Å². The molecule has 0 radical (unpaired) electrons. The predicted octanol–water partition coefficient (Wildman–Crippen LogP) is 2.14. The SMILES string of the molecule is C=C(C)C(=O)O.CCCCCC(=O)O.[H-].[H-].[Mg+2]. The van der Waals surface area contributed by atoms with Crippen LogP contribution in [0.3, 0.4) is 0 Å². The summed E-state index contributed by atoms with van der Waals surface area (Å²) in [6.07, 6.45) is 3.28. The van der Waals surface area contributed by atoms with Gasteiger partial charge in [-0.1, -0.05) is 26.3 Å². The van der Waals surface area contributed by atoms with Crippen molar-refractivity contribution < 1.29 is 22.7 Å². The maximum absolute atomic E-state index is 9.87. The van der Waals surface area contributed by atoms with Crippen LogP contribution in [0.1, 0.15) is 42.4 Å². The standard InChI is InChI=1S/C6H12O2.C4H6O2.Mg.2H/c1-2-3-4-5-6(7)8;1-3(2)4(5)6;;;/h2-5H2,1H3,(H,7,8);1H2,2H3,(H,5,6);;;/q;;+2;2*-1. The van der Waals surface area contributed by atoms with E-state index in [1.54, 1.807) is 0 Å². The van der Waals surface area contributed by atoms with Crippen LogP contribution in [0, 0.1) is 0 Å². The van der Waals surface area contributed by atoms with E-state index in [4.69, 9.17) is 10.2 Å². The van der Waals surface area contributed by atoms with E-state index in [0.29, 0.717) is 6.42 Å². The fourth-order valence-corrected chi connectivity index (χ4v) is 0.526. The Bertz CT molecular complexity index is 198. The number of carbonyl (C=O) groups is 2. The summed E-state index contributed by atoms with van der Waals surface area (Å²) in [6, 6.07) is 0. The Morgan fingerprint density at radius 1 is 1.27 bits per heavy atom. The zero-order chi connectivity index (χ0) is 11.6. The molecule has 0 saturated carbocycles. The molecule has 0 bridgehead atoms. The molecular weight excluding hydrogens is 208 g/mol. The van der Waals surface area contributed by atoms with Crippen LogP contribution in [0.4, 0.5) is 0 Å². The first-order valence-corrected chi connectivity index (χ1v) is 4.52. The third-order valence-electron chi connectivity index (χ3n) is 1.36. The summed E-state index contributed by atoms with van der Waals surface area (Å²) in [6.45, 7) is 6.66. The molecule has 4 nitrogen and oxygen atoms in total. The summed E-state index contributed by atoms with van der Waals surface area (Å²) in [7, 11) is 0. The Balaban J connectivity index is -0.0000000493. The monoisotopic (exact) mass is 228 g/mol. The molecule has 0 aliphatic heterocycles. The molecular formula is C10H20MgO4. The largest absolute Gasteiger partial charge is 2.00 e. The van der Waals surface area contributed by atoms with E-state index in [1.165, 1.54) is 6.92 Å². The maximum Gasteiger partial charge on any atom is 2.00 e. The van der Waals surface area contributed by atoms with Crippen molar-refractivity contribution in [1.29, 1.82) is 0 Å². The molecule has 0 saturated heterocycles. The number of hydrogen-bond donors (Lipinski definition) is 2. The fourth-order valence-electron chi connectivity index (χ4n) is 0.526. The number of rotatable bonds is 5. The Kier molecular flexibility index (Phi) is 17.9. The van der Waals surface area contributed by atoms with Gasteiger partial charge in [0.15, 0.2) is 0 Å². The Hall–Kier alpha value is -0.554. The van der Waals surface area contributed by atoms with E-state index in [-0.39, 0.29) is 31.5 Å². The van der Waals surface area contributed by atoms with Gasteiger partial charge in [0.25, 0.3) is 0 Å². The molecule has 0 fully saturated rings. The predicted molar refractivity (Wildman–Crippen MR) is 62.2 cm³/mol. The molecule has 86 valence electrons. The Morgan fingerprint density at radius 3 is 1.87 bits per heavy atom. The van der Waals surface area contributed by atoms with E-state index in [1.807, 2.05) is 0 Å². The van der Waals surface area contributed by atoms with Gasteiger partial charge >= 0.3 is 35.0 Å². The normalized spacial score (nSPS) is 7.87. The van der Waals surface area contributed by atoms with Crippen molar-refractivity contribution >= 4 is 35.0 Å². The van der Waals surface area contributed by atoms with Crippen molar-refractivity contribution in [3.8, 4) is 0 Å². The summed E-state index contributed by atoms with van der Waals surface area (Å²) in [5.41, 5.74) is 0.176. The molecule has 0 atom stereocenters. The minimum atomic E-state index is -0.935. The van der Waals surface area contributed by atoms with E-state index in [2.05, 4.69) is 13.5 Å². The minimum Gasteiger partial charge on any atom is -1.00 e. The average Bonchev–Trinajstić information content (AvgIpc) is 2.05. The number of hydrogen-bond acceptors (Lipinski definition) is 2. The van der Waals surface area contributed by atoms with E-state index in [9.17, 15) is 9.59 Å². The van der Waals surface area contributed by atoms with Gasteiger partial charge in [-0.2, -0.15) is 0 Å². The third kappa shape index (κ3) is 24.7. The average molecular weight is 229 g/mol. The van der Waals surface area contributed by atoms with Crippen LogP contribution in [0.25, 0.3) is 0 Å². The van der Waals surface area contributed by atoms with E-state index >= 15 is 0 Å². The first-order chi connectivity index (χ1) is 6.41. The third-order valence-corrected chi connectivity index (χ3v) is 1.36. The molecule has 0 rings (SSSR count). The maximum atomic E-state index is 9.87. The second kappa shape index (κ2) is 13.4. The van der Waals surface area contributed by atoms with Crippen LogP contribution in [-0.4, -0.2) is 45.2 Å². The summed E-state index contributed by atoms with van der Waals surface area (Å²) in [4.78, 5) is 19.5. The van der Waals surface area contributed by atoms with Crippen LogP contribution < -0.4 is 0 Å². The first kappa shape index (κ1) is 19.9. The molecule has 15 heavy (non-hydrogen) atoms. The van der Waals surface area contributed by atoms with Gasteiger partial charge in [-0.15, -0.1) is 0 Å². The molecule has 0 aromatic carbocycles. The van der Waals surface area contributed by atoms with Crippen molar-refractivity contribution in [2.45, 2.75) is 39.5 Å². The Labute approximate surface area is 109 Å². The van der Waals surface area contributed by atoms with Crippen molar-refractivity contribution in [3.05, 3.63) is 12.2 Å². The second-order valence-corrected chi connectivity index (χ2v) is 2.94. The molecule has 0 unspecified atom stereocenters. The molecule has 0 spiro atoms. The summed E-state index contributed by atoms with van der Waals surface area (Å²) >= 11 is 0. The fraction of sp³-hybridized carbons (Fsp3) is 0.600. The quantitative estimate of drug-likeness (QED) is 0.429. The summed E-state index contributed by atoms with van der Waals surface area (Å²) < 4.78 is 0.